The fraction of sp³-hybridized carbons (Fsp3) is 0.378. The SMILES string of the molecule is CCC[C@H](CC)Oc1ccc(C(=O)Nc2ccc(N3CCN(C(C)=O)CC3)cc2)cc1NC(=O)c1nnn(-c2cc(OC)ccc2OC)c1C. The Bertz CT molecular complexity index is 1820. The molecule has 0 bridgehead atoms. The van der Waals surface area contributed by atoms with E-state index in [2.05, 4.69) is 32.8 Å². The first-order valence-corrected chi connectivity index (χ1v) is 16.8. The van der Waals surface area contributed by atoms with Gasteiger partial charge in [-0.15, -0.1) is 5.10 Å². The van der Waals surface area contributed by atoms with Gasteiger partial charge in [0.15, 0.2) is 5.69 Å². The van der Waals surface area contributed by atoms with Crippen molar-refractivity contribution in [2.24, 2.45) is 0 Å². The van der Waals surface area contributed by atoms with Crippen LogP contribution >= 0.6 is 0 Å². The number of nitrogens with zero attached hydrogens (tertiary/aromatic N) is 5. The molecule has 0 saturated carbocycles. The van der Waals surface area contributed by atoms with Crippen LogP contribution in [0.3, 0.4) is 0 Å². The second kappa shape index (κ2) is 16.2. The molecule has 3 amide bonds. The van der Waals surface area contributed by atoms with Crippen LogP contribution in [0.15, 0.2) is 60.7 Å². The predicted octanol–water partition coefficient (Wildman–Crippen LogP) is 5.72. The third-order valence-corrected chi connectivity index (χ3v) is 8.79. The molecule has 1 saturated heterocycles. The first-order valence-electron chi connectivity index (χ1n) is 16.8. The summed E-state index contributed by atoms with van der Waals surface area (Å²) >= 11 is 0. The summed E-state index contributed by atoms with van der Waals surface area (Å²) < 4.78 is 18.7. The number of aromatic nitrogens is 3. The third-order valence-electron chi connectivity index (χ3n) is 8.79. The second-order valence-electron chi connectivity index (χ2n) is 12.1. The van der Waals surface area contributed by atoms with Crippen molar-refractivity contribution < 1.29 is 28.6 Å². The molecule has 0 unspecified atom stereocenters. The van der Waals surface area contributed by atoms with Gasteiger partial charge in [0.05, 0.1) is 31.7 Å². The van der Waals surface area contributed by atoms with Crippen molar-refractivity contribution in [3.8, 4) is 22.9 Å². The average Bonchev–Trinajstić information content (AvgIpc) is 3.52. The number of piperazine rings is 1. The Labute approximate surface area is 292 Å². The van der Waals surface area contributed by atoms with Crippen molar-refractivity contribution in [1.82, 2.24) is 19.9 Å². The first kappa shape index (κ1) is 35.7. The van der Waals surface area contributed by atoms with E-state index in [-0.39, 0.29) is 23.6 Å². The van der Waals surface area contributed by atoms with Crippen molar-refractivity contribution in [2.45, 2.75) is 53.1 Å². The van der Waals surface area contributed by atoms with E-state index in [9.17, 15) is 14.4 Å². The Balaban J connectivity index is 1.36. The number of benzene rings is 3. The number of amides is 3. The van der Waals surface area contributed by atoms with Crippen LogP contribution in [0.2, 0.25) is 0 Å². The van der Waals surface area contributed by atoms with Crippen LogP contribution in [-0.2, 0) is 4.79 Å². The Morgan fingerprint density at radius 3 is 2.22 bits per heavy atom. The van der Waals surface area contributed by atoms with Gasteiger partial charge in [0.2, 0.25) is 5.91 Å². The first-order chi connectivity index (χ1) is 24.1. The van der Waals surface area contributed by atoms with Gasteiger partial charge in [-0.1, -0.05) is 25.5 Å². The molecule has 2 N–H and O–H groups in total. The van der Waals surface area contributed by atoms with Crippen molar-refractivity contribution >= 4 is 34.8 Å². The highest BCUT2D eigenvalue weighted by Gasteiger charge is 2.23. The molecule has 3 aromatic carbocycles. The molecular formula is C37H45N7O6. The van der Waals surface area contributed by atoms with Gasteiger partial charge in [-0.25, -0.2) is 4.68 Å². The number of ether oxygens (including phenoxy) is 3. The molecule has 13 heteroatoms. The Kier molecular flexibility index (Phi) is 11.6. The summed E-state index contributed by atoms with van der Waals surface area (Å²) in [6.45, 7) is 10.3. The number of carbonyl (C=O) groups excluding carboxylic acids is 3. The molecule has 50 heavy (non-hydrogen) atoms. The van der Waals surface area contributed by atoms with Gasteiger partial charge in [0.1, 0.15) is 22.9 Å². The van der Waals surface area contributed by atoms with Crippen LogP contribution in [0.1, 0.15) is 66.6 Å². The maximum Gasteiger partial charge on any atom is 0.278 e. The van der Waals surface area contributed by atoms with Gasteiger partial charge in [-0.2, -0.15) is 0 Å². The number of anilines is 3. The van der Waals surface area contributed by atoms with Crippen LogP contribution < -0.4 is 29.7 Å². The van der Waals surface area contributed by atoms with E-state index in [0.29, 0.717) is 58.7 Å². The number of hydrogen-bond donors (Lipinski definition) is 2. The molecule has 0 radical (unpaired) electrons. The van der Waals surface area contributed by atoms with Gasteiger partial charge in [-0.05, 0) is 74.4 Å². The molecule has 264 valence electrons. The molecule has 0 spiro atoms. The number of carbonyl (C=O) groups is 3. The molecule has 1 atom stereocenters. The molecule has 1 aromatic heterocycles. The lowest BCUT2D eigenvalue weighted by atomic mass is 10.1. The quantitative estimate of drug-likeness (QED) is 0.181. The molecule has 4 aromatic rings. The molecule has 13 nitrogen and oxygen atoms in total. The van der Waals surface area contributed by atoms with Crippen molar-refractivity contribution in [2.75, 3.05) is 55.9 Å². The maximum atomic E-state index is 13.7. The molecule has 0 aliphatic carbocycles. The van der Waals surface area contributed by atoms with Crippen LogP contribution in [-0.4, -0.2) is 84.1 Å². The summed E-state index contributed by atoms with van der Waals surface area (Å²) in [4.78, 5) is 42.9. The fourth-order valence-electron chi connectivity index (χ4n) is 5.87. The van der Waals surface area contributed by atoms with E-state index in [0.717, 1.165) is 38.0 Å². The average molecular weight is 684 g/mol. The second-order valence-corrected chi connectivity index (χ2v) is 12.1. The highest BCUT2D eigenvalue weighted by Crippen LogP contribution is 2.31. The number of hydrogen-bond acceptors (Lipinski definition) is 9. The summed E-state index contributed by atoms with van der Waals surface area (Å²) in [5.74, 6) is 0.803. The Morgan fingerprint density at radius 1 is 0.860 bits per heavy atom. The molecular weight excluding hydrogens is 638 g/mol. The van der Waals surface area contributed by atoms with Gasteiger partial charge >= 0.3 is 0 Å². The summed E-state index contributed by atoms with van der Waals surface area (Å²) in [7, 11) is 3.11. The minimum atomic E-state index is -0.513. The molecule has 2 heterocycles. The zero-order valence-electron chi connectivity index (χ0n) is 29.5. The Morgan fingerprint density at radius 2 is 1.58 bits per heavy atom. The van der Waals surface area contributed by atoms with E-state index in [1.54, 1.807) is 64.5 Å². The summed E-state index contributed by atoms with van der Waals surface area (Å²) in [5.41, 5.74) is 3.46. The molecule has 1 aliphatic rings. The minimum Gasteiger partial charge on any atom is -0.497 e. The highest BCUT2D eigenvalue weighted by atomic mass is 16.5. The van der Waals surface area contributed by atoms with Crippen molar-refractivity contribution in [3.63, 3.8) is 0 Å². The zero-order valence-corrected chi connectivity index (χ0v) is 29.5. The minimum absolute atomic E-state index is 0.0672. The summed E-state index contributed by atoms with van der Waals surface area (Å²) in [6.07, 6.45) is 2.48. The molecule has 1 fully saturated rings. The van der Waals surface area contributed by atoms with Crippen LogP contribution in [0.5, 0.6) is 17.2 Å². The fourth-order valence-corrected chi connectivity index (χ4v) is 5.87. The van der Waals surface area contributed by atoms with E-state index >= 15 is 0 Å². The lowest BCUT2D eigenvalue weighted by molar-refractivity contribution is -0.129. The lowest BCUT2D eigenvalue weighted by Gasteiger charge is -2.35. The monoisotopic (exact) mass is 683 g/mol. The van der Waals surface area contributed by atoms with Crippen LogP contribution in [0, 0.1) is 6.92 Å². The van der Waals surface area contributed by atoms with Crippen LogP contribution in [0.4, 0.5) is 17.1 Å². The molecule has 1 aliphatic heterocycles. The summed E-state index contributed by atoms with van der Waals surface area (Å²) in [6, 6.07) is 17.9. The van der Waals surface area contributed by atoms with E-state index in [1.165, 1.54) is 4.68 Å². The summed E-state index contributed by atoms with van der Waals surface area (Å²) in [5, 5.41) is 14.3. The van der Waals surface area contributed by atoms with E-state index in [1.807, 2.05) is 36.1 Å². The predicted molar refractivity (Wildman–Crippen MR) is 192 cm³/mol. The maximum absolute atomic E-state index is 13.7. The molecule has 5 rings (SSSR count). The van der Waals surface area contributed by atoms with Gasteiger partial charge in [0, 0.05) is 56.1 Å². The standard InChI is InChI=1S/C37H45N7O6/c1-7-9-29(8-2)50-33-16-10-26(36(46)38-27-11-13-28(14-12-27)43-20-18-42(19-21-43)25(4)45)22-31(33)39-37(47)35-24(3)44(41-40-35)32-23-30(48-5)15-17-34(32)49-6/h10-17,22-23,29H,7-9,18-21H2,1-6H3,(H,38,46)(H,39,47)/t29-/m0/s1. The number of nitrogens with one attached hydrogen (secondary N) is 2. The smallest absolute Gasteiger partial charge is 0.278 e. The largest absolute Gasteiger partial charge is 0.497 e. The van der Waals surface area contributed by atoms with Crippen molar-refractivity contribution in [3.05, 3.63) is 77.6 Å². The van der Waals surface area contributed by atoms with E-state index in [4.69, 9.17) is 14.2 Å². The van der Waals surface area contributed by atoms with Crippen LogP contribution in [0.25, 0.3) is 5.69 Å². The highest BCUT2D eigenvalue weighted by molar-refractivity contribution is 6.08. The topological polar surface area (TPSA) is 140 Å². The van der Waals surface area contributed by atoms with E-state index < -0.39 is 5.91 Å². The number of methoxy groups -OCH3 is 2. The van der Waals surface area contributed by atoms with Crippen molar-refractivity contribution in [1.29, 1.82) is 0 Å². The van der Waals surface area contributed by atoms with Gasteiger partial charge < -0.3 is 34.6 Å². The number of rotatable bonds is 13. The third kappa shape index (κ3) is 8.16. The lowest BCUT2D eigenvalue weighted by Crippen LogP contribution is -2.48. The zero-order chi connectivity index (χ0) is 35.8. The normalized spacial score (nSPS) is 13.4. The van der Waals surface area contributed by atoms with Gasteiger partial charge in [-0.3, -0.25) is 14.4 Å². The van der Waals surface area contributed by atoms with Gasteiger partial charge in [0.25, 0.3) is 11.8 Å². The Hall–Kier alpha value is -5.59.